The van der Waals surface area contributed by atoms with Crippen LogP contribution in [0.15, 0.2) is 10.8 Å². The summed E-state index contributed by atoms with van der Waals surface area (Å²) in [7, 11) is 0. The summed E-state index contributed by atoms with van der Waals surface area (Å²) >= 11 is 1.41. The van der Waals surface area contributed by atoms with Gasteiger partial charge in [0, 0.05) is 18.5 Å². The average molecular weight is 282 g/mol. The van der Waals surface area contributed by atoms with Crippen LogP contribution in [0.4, 0.5) is 0 Å². The molecule has 6 nitrogen and oxygen atoms in total. The van der Waals surface area contributed by atoms with Gasteiger partial charge in [-0.2, -0.15) is 11.3 Å². The standard InChI is InChI=1S/C12H14N2O4S/c1-7-5-19-6-8(7)12(18)14-3-2-13-11(17)9(14)4-10(15)16/h5-6,9H,2-4H2,1H3,(H,13,17)(H,15,16). The number of carboxylic acids is 1. The zero-order valence-corrected chi connectivity index (χ0v) is 11.2. The summed E-state index contributed by atoms with van der Waals surface area (Å²) in [4.78, 5) is 36.3. The average Bonchev–Trinajstić information content (AvgIpc) is 2.77. The van der Waals surface area contributed by atoms with Crippen LogP contribution >= 0.6 is 11.3 Å². The number of amides is 2. The molecule has 1 aliphatic rings. The number of thiophene rings is 1. The molecule has 2 N–H and O–H groups in total. The summed E-state index contributed by atoms with van der Waals surface area (Å²) in [5, 5.41) is 15.0. The van der Waals surface area contributed by atoms with Gasteiger partial charge in [-0.25, -0.2) is 0 Å². The van der Waals surface area contributed by atoms with Gasteiger partial charge in [0.1, 0.15) is 6.04 Å². The van der Waals surface area contributed by atoms with Crippen molar-refractivity contribution in [2.24, 2.45) is 0 Å². The fourth-order valence-corrected chi connectivity index (χ4v) is 2.88. The molecular formula is C12H14N2O4S. The number of carbonyl (C=O) groups is 3. The van der Waals surface area contributed by atoms with Crippen LogP contribution in [0.2, 0.25) is 0 Å². The first-order chi connectivity index (χ1) is 9.00. The molecule has 1 unspecified atom stereocenters. The number of piperazine rings is 1. The minimum Gasteiger partial charge on any atom is -0.481 e. The van der Waals surface area contributed by atoms with E-state index in [9.17, 15) is 14.4 Å². The molecule has 0 spiro atoms. The molecule has 0 aromatic carbocycles. The maximum atomic E-state index is 12.4. The Bertz CT molecular complexity index is 526. The SMILES string of the molecule is Cc1cscc1C(=O)N1CCNC(=O)C1CC(=O)O. The van der Waals surface area contributed by atoms with Gasteiger partial charge >= 0.3 is 5.97 Å². The molecule has 1 aliphatic heterocycles. The molecule has 1 saturated heterocycles. The van der Waals surface area contributed by atoms with Gasteiger partial charge in [-0.1, -0.05) is 0 Å². The van der Waals surface area contributed by atoms with Crippen LogP contribution in [-0.2, 0) is 9.59 Å². The number of hydrogen-bond acceptors (Lipinski definition) is 4. The van der Waals surface area contributed by atoms with E-state index < -0.39 is 17.9 Å². The summed E-state index contributed by atoms with van der Waals surface area (Å²) in [6, 6.07) is -0.932. The second-order valence-corrected chi connectivity index (χ2v) is 5.12. The Morgan fingerprint density at radius 3 is 2.84 bits per heavy atom. The second-order valence-electron chi connectivity index (χ2n) is 4.37. The minimum atomic E-state index is -1.10. The third-order valence-corrected chi connectivity index (χ3v) is 3.91. The Morgan fingerprint density at radius 2 is 2.26 bits per heavy atom. The molecule has 2 amide bonds. The van der Waals surface area contributed by atoms with Crippen LogP contribution in [0.25, 0.3) is 0 Å². The van der Waals surface area contributed by atoms with E-state index >= 15 is 0 Å². The fraction of sp³-hybridized carbons (Fsp3) is 0.417. The highest BCUT2D eigenvalue weighted by Crippen LogP contribution is 2.19. The Labute approximate surface area is 114 Å². The van der Waals surface area contributed by atoms with Gasteiger partial charge in [0.15, 0.2) is 0 Å². The third kappa shape index (κ3) is 2.76. The number of aryl methyl sites for hydroxylation is 1. The normalized spacial score (nSPS) is 19.1. The van der Waals surface area contributed by atoms with E-state index in [-0.39, 0.29) is 12.3 Å². The molecule has 0 saturated carbocycles. The van der Waals surface area contributed by atoms with E-state index in [2.05, 4.69) is 5.32 Å². The lowest BCUT2D eigenvalue weighted by molar-refractivity contribution is -0.142. The summed E-state index contributed by atoms with van der Waals surface area (Å²) in [6.07, 6.45) is -0.374. The van der Waals surface area contributed by atoms with Crippen LogP contribution < -0.4 is 5.32 Å². The van der Waals surface area contributed by atoms with Crippen molar-refractivity contribution in [2.75, 3.05) is 13.1 Å². The van der Waals surface area contributed by atoms with E-state index in [4.69, 9.17) is 5.11 Å². The van der Waals surface area contributed by atoms with Crippen molar-refractivity contribution >= 4 is 29.1 Å². The number of nitrogens with one attached hydrogen (secondary N) is 1. The summed E-state index contributed by atoms with van der Waals surface area (Å²) in [5.74, 6) is -1.78. The van der Waals surface area contributed by atoms with E-state index in [1.165, 1.54) is 16.2 Å². The first-order valence-corrected chi connectivity index (χ1v) is 6.78. The van der Waals surface area contributed by atoms with Gasteiger partial charge in [-0.3, -0.25) is 14.4 Å². The molecule has 2 heterocycles. The number of rotatable bonds is 3. The molecule has 102 valence electrons. The lowest BCUT2D eigenvalue weighted by atomic mass is 10.1. The van der Waals surface area contributed by atoms with E-state index in [0.29, 0.717) is 18.7 Å². The summed E-state index contributed by atoms with van der Waals surface area (Å²) < 4.78 is 0. The predicted octanol–water partition coefficient (Wildman–Crippen LogP) is 0.472. The van der Waals surface area contributed by atoms with Crippen molar-refractivity contribution in [3.8, 4) is 0 Å². The summed E-state index contributed by atoms with van der Waals surface area (Å²) in [6.45, 7) is 2.50. The van der Waals surface area contributed by atoms with Gasteiger partial charge in [-0.15, -0.1) is 0 Å². The van der Waals surface area contributed by atoms with Gasteiger partial charge in [0.2, 0.25) is 5.91 Å². The molecule has 0 bridgehead atoms. The molecule has 1 fully saturated rings. The lowest BCUT2D eigenvalue weighted by Gasteiger charge is -2.34. The van der Waals surface area contributed by atoms with E-state index in [1.54, 1.807) is 5.38 Å². The topological polar surface area (TPSA) is 86.7 Å². The quantitative estimate of drug-likeness (QED) is 0.844. The molecule has 7 heteroatoms. The predicted molar refractivity (Wildman–Crippen MR) is 69.1 cm³/mol. The second kappa shape index (κ2) is 5.40. The van der Waals surface area contributed by atoms with Crippen molar-refractivity contribution in [1.29, 1.82) is 0 Å². The number of nitrogens with zero attached hydrogens (tertiary/aromatic N) is 1. The third-order valence-electron chi connectivity index (χ3n) is 3.05. The molecular weight excluding hydrogens is 268 g/mol. The molecule has 1 aromatic rings. The highest BCUT2D eigenvalue weighted by Gasteiger charge is 2.35. The zero-order chi connectivity index (χ0) is 14.0. The molecule has 0 radical (unpaired) electrons. The molecule has 19 heavy (non-hydrogen) atoms. The Morgan fingerprint density at radius 1 is 1.53 bits per heavy atom. The lowest BCUT2D eigenvalue weighted by Crippen LogP contribution is -2.57. The Balaban J connectivity index is 2.25. The highest BCUT2D eigenvalue weighted by molar-refractivity contribution is 7.08. The highest BCUT2D eigenvalue weighted by atomic mass is 32.1. The Hall–Kier alpha value is -1.89. The molecule has 1 atom stereocenters. The van der Waals surface area contributed by atoms with Gasteiger partial charge in [-0.05, 0) is 17.9 Å². The first kappa shape index (κ1) is 13.5. The van der Waals surface area contributed by atoms with Crippen molar-refractivity contribution in [3.63, 3.8) is 0 Å². The monoisotopic (exact) mass is 282 g/mol. The van der Waals surface area contributed by atoms with Crippen LogP contribution in [-0.4, -0.2) is 46.9 Å². The summed E-state index contributed by atoms with van der Waals surface area (Å²) in [5.41, 5.74) is 1.38. The number of aliphatic carboxylic acids is 1. The van der Waals surface area contributed by atoms with E-state index in [0.717, 1.165) is 5.56 Å². The van der Waals surface area contributed by atoms with Crippen molar-refractivity contribution in [2.45, 2.75) is 19.4 Å². The van der Waals surface area contributed by atoms with Gasteiger partial charge in [0.25, 0.3) is 5.91 Å². The van der Waals surface area contributed by atoms with Crippen LogP contribution in [0.5, 0.6) is 0 Å². The Kier molecular flexibility index (Phi) is 3.84. The molecule has 1 aromatic heterocycles. The first-order valence-electron chi connectivity index (χ1n) is 5.84. The van der Waals surface area contributed by atoms with Crippen LogP contribution in [0.3, 0.4) is 0 Å². The van der Waals surface area contributed by atoms with Gasteiger partial charge < -0.3 is 15.3 Å². The van der Waals surface area contributed by atoms with Crippen molar-refractivity contribution in [1.82, 2.24) is 10.2 Å². The maximum Gasteiger partial charge on any atom is 0.305 e. The van der Waals surface area contributed by atoms with Crippen molar-refractivity contribution < 1.29 is 19.5 Å². The smallest absolute Gasteiger partial charge is 0.305 e. The number of carbonyl (C=O) groups excluding carboxylic acids is 2. The van der Waals surface area contributed by atoms with E-state index in [1.807, 2.05) is 12.3 Å². The fourth-order valence-electron chi connectivity index (χ4n) is 2.06. The van der Waals surface area contributed by atoms with Gasteiger partial charge in [0.05, 0.1) is 12.0 Å². The van der Waals surface area contributed by atoms with Crippen molar-refractivity contribution in [3.05, 3.63) is 21.9 Å². The number of carboxylic acid groups (broad SMARTS) is 1. The molecule has 0 aliphatic carbocycles. The number of hydrogen-bond donors (Lipinski definition) is 2. The zero-order valence-electron chi connectivity index (χ0n) is 10.4. The van der Waals surface area contributed by atoms with Crippen LogP contribution in [0, 0.1) is 6.92 Å². The maximum absolute atomic E-state index is 12.4. The van der Waals surface area contributed by atoms with Crippen LogP contribution in [0.1, 0.15) is 22.3 Å². The minimum absolute atomic E-state index is 0.278. The largest absolute Gasteiger partial charge is 0.481 e. The molecule has 2 rings (SSSR count).